The summed E-state index contributed by atoms with van der Waals surface area (Å²) in [5.74, 6) is 0.491. The molecule has 0 saturated carbocycles. The Bertz CT molecular complexity index is 3680. The first-order chi connectivity index (χ1) is 33.2. The lowest BCUT2D eigenvalue weighted by atomic mass is 9.83. The Morgan fingerprint density at radius 1 is 0.382 bits per heavy atom. The largest absolute Gasteiger partial charge is 0.454 e. The quantitative estimate of drug-likeness (QED) is 0.128. The summed E-state index contributed by atoms with van der Waals surface area (Å²) >= 11 is 0. The Morgan fingerprint density at radius 2 is 0.750 bits per heavy atom. The molecule has 12 aromatic rings. The molecule has 0 radical (unpaired) electrons. The lowest BCUT2D eigenvalue weighted by Crippen LogP contribution is -2.16. The van der Waals surface area contributed by atoms with Gasteiger partial charge in [0.15, 0.2) is 11.2 Å². The molecule has 10 aromatic carbocycles. The second-order valence-electron chi connectivity index (χ2n) is 19.4. The van der Waals surface area contributed by atoms with Gasteiger partial charge >= 0.3 is 0 Å². The van der Waals surface area contributed by atoms with Crippen LogP contribution in [0.15, 0.2) is 167 Å². The predicted octanol–water partition coefficient (Wildman–Crippen LogP) is 19.3. The van der Waals surface area contributed by atoms with Gasteiger partial charge in [-0.05, 0) is 130 Å². The van der Waals surface area contributed by atoms with E-state index in [-0.39, 0.29) is 11.8 Å². The number of nitrogens with zero attached hydrogens (tertiary/aromatic N) is 2. The summed E-state index contributed by atoms with van der Waals surface area (Å²) in [6.45, 7) is 18.4. The first-order valence-corrected chi connectivity index (χ1v) is 24.5. The van der Waals surface area contributed by atoms with Gasteiger partial charge in [-0.3, -0.25) is 0 Å². The fourth-order valence-electron chi connectivity index (χ4n) is 11.4. The molecule has 0 spiro atoms. The highest BCUT2D eigenvalue weighted by molar-refractivity contribution is 6.30. The van der Waals surface area contributed by atoms with Crippen molar-refractivity contribution in [2.45, 2.75) is 80.1 Å². The Hall–Kier alpha value is -7.56. The van der Waals surface area contributed by atoms with Crippen LogP contribution in [0.25, 0.3) is 76.2 Å². The van der Waals surface area contributed by atoms with E-state index in [0.29, 0.717) is 0 Å². The van der Waals surface area contributed by atoms with E-state index in [9.17, 15) is 0 Å². The van der Waals surface area contributed by atoms with Crippen molar-refractivity contribution in [3.63, 3.8) is 0 Å². The standard InChI is InChI=1S/C64H56N2O2/c1-9-41-27-29-47-43-21-13-17-25-57(43)67-63(47)61(41)65(53-23-15-11-19-39(53)7)55-35-51(37(3)4)45-32-34-50-56(36-52(38(5)6)46-31-33-49(55)59(45)60(46)50)66(54-24-16-12-20-40(54)8)62-42(10-2)28-30-48-44-22-14-18-26-58(44)68-64(48)62/h11-38H,9-10H2,1-8H3. The second-order valence-corrected chi connectivity index (χ2v) is 19.4. The molecule has 0 saturated heterocycles. The van der Waals surface area contributed by atoms with Crippen LogP contribution in [0.2, 0.25) is 0 Å². The maximum absolute atomic E-state index is 6.98. The Morgan fingerprint density at radius 3 is 1.15 bits per heavy atom. The molecule has 4 heteroatoms. The third kappa shape index (κ3) is 6.19. The lowest BCUT2D eigenvalue weighted by Gasteiger charge is -2.33. The SMILES string of the molecule is CCc1ccc2c(oc3ccccc32)c1N(c1ccccc1C)c1cc(C(C)C)c2ccc3c(N(c4ccccc4C)c4c(CC)ccc5c4oc4ccccc45)cc(C(C)C)c4ccc1c2c43. The number of rotatable bonds is 10. The van der Waals surface area contributed by atoms with Crippen LogP contribution in [0, 0.1) is 13.8 Å². The van der Waals surface area contributed by atoms with Gasteiger partial charge in [0.25, 0.3) is 0 Å². The number of benzene rings is 10. The van der Waals surface area contributed by atoms with Gasteiger partial charge in [0.1, 0.15) is 11.2 Å². The molecule has 0 unspecified atom stereocenters. The average molecular weight is 885 g/mol. The van der Waals surface area contributed by atoms with Crippen LogP contribution in [-0.4, -0.2) is 0 Å². The minimum Gasteiger partial charge on any atom is -0.454 e. The van der Waals surface area contributed by atoms with Gasteiger partial charge in [-0.1, -0.05) is 163 Å². The first-order valence-electron chi connectivity index (χ1n) is 24.5. The summed E-state index contributed by atoms with van der Waals surface area (Å²) in [6.07, 6.45) is 1.70. The van der Waals surface area contributed by atoms with Crippen molar-refractivity contribution in [2.24, 2.45) is 0 Å². The third-order valence-corrected chi connectivity index (χ3v) is 14.8. The summed E-state index contributed by atoms with van der Waals surface area (Å²) in [6, 6.07) is 58.4. The molecule has 68 heavy (non-hydrogen) atoms. The van der Waals surface area contributed by atoms with Gasteiger partial charge in [-0.25, -0.2) is 0 Å². The molecule has 0 aliphatic carbocycles. The zero-order chi connectivity index (χ0) is 46.5. The van der Waals surface area contributed by atoms with Crippen molar-refractivity contribution in [3.05, 3.63) is 191 Å². The zero-order valence-corrected chi connectivity index (χ0v) is 40.3. The normalized spacial score (nSPS) is 12.2. The van der Waals surface area contributed by atoms with Gasteiger partial charge in [0.05, 0.1) is 22.7 Å². The van der Waals surface area contributed by atoms with Crippen molar-refractivity contribution in [3.8, 4) is 0 Å². The molecule has 0 aliphatic rings. The van der Waals surface area contributed by atoms with Gasteiger partial charge in [-0.15, -0.1) is 0 Å². The lowest BCUT2D eigenvalue weighted by molar-refractivity contribution is 0.668. The summed E-state index contributed by atoms with van der Waals surface area (Å²) in [5, 5.41) is 12.1. The number of para-hydroxylation sites is 4. The molecule has 0 bridgehead atoms. The molecular formula is C64H56N2O2. The van der Waals surface area contributed by atoms with E-state index in [1.165, 1.54) is 65.7 Å². The van der Waals surface area contributed by atoms with Crippen molar-refractivity contribution < 1.29 is 8.83 Å². The van der Waals surface area contributed by atoms with E-state index in [4.69, 9.17) is 8.83 Å². The number of hydrogen-bond acceptors (Lipinski definition) is 4. The minimum atomic E-state index is 0.245. The van der Waals surface area contributed by atoms with Gasteiger partial charge < -0.3 is 18.6 Å². The smallest absolute Gasteiger partial charge is 0.159 e. The average Bonchev–Trinajstić information content (AvgIpc) is 3.93. The van der Waals surface area contributed by atoms with Crippen molar-refractivity contribution in [1.82, 2.24) is 0 Å². The molecule has 2 heterocycles. The number of anilines is 6. The number of furan rings is 2. The highest BCUT2D eigenvalue weighted by Gasteiger charge is 2.31. The van der Waals surface area contributed by atoms with E-state index < -0.39 is 0 Å². The maximum Gasteiger partial charge on any atom is 0.159 e. The van der Waals surface area contributed by atoms with E-state index in [0.717, 1.165) is 90.8 Å². The Balaban J connectivity index is 1.24. The number of aryl methyl sites for hydroxylation is 4. The van der Waals surface area contributed by atoms with Crippen LogP contribution in [0.5, 0.6) is 0 Å². The van der Waals surface area contributed by atoms with E-state index in [1.807, 2.05) is 0 Å². The molecule has 4 nitrogen and oxygen atoms in total. The minimum absolute atomic E-state index is 0.245. The Kier molecular flexibility index (Phi) is 9.88. The first kappa shape index (κ1) is 41.8. The third-order valence-electron chi connectivity index (χ3n) is 14.8. The number of hydrogen-bond donors (Lipinski definition) is 0. The highest BCUT2D eigenvalue weighted by Crippen LogP contribution is 2.54. The predicted molar refractivity (Wildman–Crippen MR) is 290 cm³/mol. The molecule has 0 fully saturated rings. The van der Waals surface area contributed by atoms with Crippen molar-refractivity contribution in [1.29, 1.82) is 0 Å². The highest BCUT2D eigenvalue weighted by atomic mass is 16.3. The van der Waals surface area contributed by atoms with Gasteiger partial charge in [-0.2, -0.15) is 0 Å². The second kappa shape index (κ2) is 16.1. The van der Waals surface area contributed by atoms with Crippen molar-refractivity contribution in [2.75, 3.05) is 9.80 Å². The zero-order valence-electron chi connectivity index (χ0n) is 40.3. The molecule has 0 atom stereocenters. The fraction of sp³-hybridized carbons (Fsp3) is 0.188. The van der Waals surface area contributed by atoms with Crippen LogP contribution in [-0.2, 0) is 12.8 Å². The van der Waals surface area contributed by atoms with E-state index in [2.05, 4.69) is 223 Å². The molecular weight excluding hydrogens is 829 g/mol. The summed E-state index contributed by atoms with van der Waals surface area (Å²) in [7, 11) is 0. The van der Waals surface area contributed by atoms with Crippen LogP contribution < -0.4 is 9.80 Å². The van der Waals surface area contributed by atoms with Crippen LogP contribution in [0.4, 0.5) is 34.1 Å². The molecule has 12 rings (SSSR count). The molecule has 334 valence electrons. The summed E-state index contributed by atoms with van der Waals surface area (Å²) < 4.78 is 14.0. The molecule has 0 N–H and O–H groups in total. The van der Waals surface area contributed by atoms with Crippen LogP contribution >= 0.6 is 0 Å². The van der Waals surface area contributed by atoms with Crippen LogP contribution in [0.3, 0.4) is 0 Å². The topological polar surface area (TPSA) is 32.8 Å². The molecule has 0 amide bonds. The summed E-state index contributed by atoms with van der Waals surface area (Å²) in [4.78, 5) is 5.08. The Labute approximate surface area is 398 Å². The molecule has 2 aromatic heterocycles. The monoisotopic (exact) mass is 884 g/mol. The molecule has 0 aliphatic heterocycles. The summed E-state index contributed by atoms with van der Waals surface area (Å²) in [5.41, 5.74) is 17.9. The maximum atomic E-state index is 6.98. The van der Waals surface area contributed by atoms with E-state index in [1.54, 1.807) is 0 Å². The fourth-order valence-corrected chi connectivity index (χ4v) is 11.4. The van der Waals surface area contributed by atoms with Gasteiger partial charge in [0.2, 0.25) is 0 Å². The van der Waals surface area contributed by atoms with Gasteiger partial charge in [0, 0.05) is 43.7 Å². The number of fused-ring (bicyclic) bond motifs is 6. The van der Waals surface area contributed by atoms with Crippen LogP contribution in [0.1, 0.15) is 86.8 Å². The van der Waals surface area contributed by atoms with Crippen molar-refractivity contribution >= 4 is 110 Å². The van der Waals surface area contributed by atoms with E-state index >= 15 is 0 Å².